The molecule has 0 aliphatic rings. The number of unbranched alkanes of at least 4 members (excludes halogenated alkanes) is 2. The Balaban J connectivity index is 1.90. The molecule has 3 aromatic rings. The van der Waals surface area contributed by atoms with Crippen molar-refractivity contribution >= 4 is 11.0 Å². The molecule has 1 aromatic heterocycles. The van der Waals surface area contributed by atoms with Crippen LogP contribution in [0.4, 0.5) is 0 Å². The van der Waals surface area contributed by atoms with Gasteiger partial charge in [-0.1, -0.05) is 30.3 Å². The second-order valence-electron chi connectivity index (χ2n) is 5.85. The molecule has 0 spiro atoms. The first-order valence-corrected chi connectivity index (χ1v) is 8.33. The monoisotopic (exact) mass is 333 g/mol. The van der Waals surface area contributed by atoms with Gasteiger partial charge in [-0.25, -0.2) is 0 Å². The van der Waals surface area contributed by atoms with Crippen LogP contribution < -0.4 is 10.2 Å². The van der Waals surface area contributed by atoms with Crippen molar-refractivity contribution in [2.45, 2.75) is 26.2 Å². The van der Waals surface area contributed by atoms with E-state index in [4.69, 9.17) is 14.4 Å². The van der Waals surface area contributed by atoms with E-state index in [-0.39, 0.29) is 5.43 Å². The van der Waals surface area contributed by atoms with E-state index in [0.29, 0.717) is 41.1 Å². The molecule has 0 saturated carbocycles. The van der Waals surface area contributed by atoms with Crippen LogP contribution in [0.3, 0.4) is 0 Å². The Bertz CT molecular complexity index is 968. The van der Waals surface area contributed by atoms with Gasteiger partial charge in [0.1, 0.15) is 17.1 Å². The molecule has 0 atom stereocenters. The zero-order valence-electron chi connectivity index (χ0n) is 14.1. The second kappa shape index (κ2) is 7.67. The lowest BCUT2D eigenvalue weighted by Gasteiger charge is -2.09. The van der Waals surface area contributed by atoms with Gasteiger partial charge in [0, 0.05) is 12.5 Å². The van der Waals surface area contributed by atoms with Crippen molar-refractivity contribution in [3.05, 3.63) is 64.5 Å². The van der Waals surface area contributed by atoms with Crippen molar-refractivity contribution in [1.29, 1.82) is 5.26 Å². The largest absolute Gasteiger partial charge is 0.493 e. The quantitative estimate of drug-likeness (QED) is 0.605. The Morgan fingerprint density at radius 2 is 1.92 bits per heavy atom. The highest BCUT2D eigenvalue weighted by Gasteiger charge is 2.13. The van der Waals surface area contributed by atoms with Gasteiger partial charge in [0.25, 0.3) is 0 Å². The van der Waals surface area contributed by atoms with Crippen molar-refractivity contribution in [2.75, 3.05) is 6.61 Å². The molecule has 4 nitrogen and oxygen atoms in total. The SMILES string of the molecule is Cc1oc2cc(OCCCCC#N)ccc2c(=O)c1-c1ccccc1. The highest BCUT2D eigenvalue weighted by atomic mass is 16.5. The van der Waals surface area contributed by atoms with E-state index in [0.717, 1.165) is 18.4 Å². The van der Waals surface area contributed by atoms with E-state index in [2.05, 4.69) is 6.07 Å². The van der Waals surface area contributed by atoms with Crippen LogP contribution in [0.2, 0.25) is 0 Å². The van der Waals surface area contributed by atoms with Crippen molar-refractivity contribution in [3.8, 4) is 22.9 Å². The summed E-state index contributed by atoms with van der Waals surface area (Å²) in [5.41, 5.74) is 1.94. The molecule has 0 aliphatic carbocycles. The average molecular weight is 333 g/mol. The fourth-order valence-electron chi connectivity index (χ4n) is 2.81. The summed E-state index contributed by atoms with van der Waals surface area (Å²) in [6.07, 6.45) is 2.18. The van der Waals surface area contributed by atoms with Crippen molar-refractivity contribution in [1.82, 2.24) is 0 Å². The van der Waals surface area contributed by atoms with Crippen LogP contribution in [0.5, 0.6) is 5.75 Å². The lowest BCUT2D eigenvalue weighted by Crippen LogP contribution is -2.07. The van der Waals surface area contributed by atoms with Crippen LogP contribution in [0, 0.1) is 18.3 Å². The summed E-state index contributed by atoms with van der Waals surface area (Å²) in [7, 11) is 0. The molecular formula is C21H19NO3. The summed E-state index contributed by atoms with van der Waals surface area (Å²) in [4.78, 5) is 12.9. The maximum absolute atomic E-state index is 12.9. The molecular weight excluding hydrogens is 314 g/mol. The molecule has 0 aliphatic heterocycles. The fourth-order valence-corrected chi connectivity index (χ4v) is 2.81. The Morgan fingerprint density at radius 3 is 2.68 bits per heavy atom. The average Bonchev–Trinajstić information content (AvgIpc) is 2.62. The molecule has 126 valence electrons. The summed E-state index contributed by atoms with van der Waals surface area (Å²) < 4.78 is 11.6. The van der Waals surface area contributed by atoms with Gasteiger partial charge in [-0.15, -0.1) is 0 Å². The topological polar surface area (TPSA) is 63.2 Å². The molecule has 4 heteroatoms. The van der Waals surface area contributed by atoms with Crippen LogP contribution in [-0.2, 0) is 0 Å². The molecule has 0 N–H and O–H groups in total. The first-order chi connectivity index (χ1) is 12.2. The highest BCUT2D eigenvalue weighted by Crippen LogP contribution is 2.26. The van der Waals surface area contributed by atoms with E-state index >= 15 is 0 Å². The predicted octanol–water partition coefficient (Wildman–Crippen LogP) is 4.84. The van der Waals surface area contributed by atoms with E-state index in [1.54, 1.807) is 25.1 Å². The van der Waals surface area contributed by atoms with Gasteiger partial charge in [-0.2, -0.15) is 5.26 Å². The molecule has 0 amide bonds. The maximum Gasteiger partial charge on any atom is 0.200 e. The summed E-state index contributed by atoms with van der Waals surface area (Å²) >= 11 is 0. The number of aryl methyl sites for hydroxylation is 1. The molecule has 0 unspecified atom stereocenters. The first-order valence-electron chi connectivity index (χ1n) is 8.33. The van der Waals surface area contributed by atoms with Gasteiger partial charge in [-0.3, -0.25) is 4.79 Å². The zero-order chi connectivity index (χ0) is 17.6. The molecule has 0 saturated heterocycles. The van der Waals surface area contributed by atoms with Gasteiger partial charge in [-0.05, 0) is 37.5 Å². The number of fused-ring (bicyclic) bond motifs is 1. The van der Waals surface area contributed by atoms with Crippen LogP contribution in [-0.4, -0.2) is 6.61 Å². The third-order valence-electron chi connectivity index (χ3n) is 4.05. The Hall–Kier alpha value is -3.06. The summed E-state index contributed by atoms with van der Waals surface area (Å²) in [5.74, 6) is 1.26. The third-order valence-corrected chi connectivity index (χ3v) is 4.05. The standard InChI is InChI=1S/C21H19NO3/c1-15-20(16-8-4-2-5-9-16)21(23)18-11-10-17(14-19(18)25-15)24-13-7-3-6-12-22/h2,4-5,8-11,14H,3,6-7,13H2,1H3. The number of hydrogen-bond acceptors (Lipinski definition) is 4. The maximum atomic E-state index is 12.9. The van der Waals surface area contributed by atoms with Gasteiger partial charge in [0.15, 0.2) is 0 Å². The van der Waals surface area contributed by atoms with Gasteiger partial charge >= 0.3 is 0 Å². The summed E-state index contributed by atoms with van der Waals surface area (Å²) in [5, 5.41) is 9.07. The van der Waals surface area contributed by atoms with E-state index < -0.39 is 0 Å². The van der Waals surface area contributed by atoms with Gasteiger partial charge in [0.05, 0.1) is 23.6 Å². The molecule has 1 heterocycles. The number of nitrogens with zero attached hydrogens (tertiary/aromatic N) is 1. The Labute approximate surface area is 146 Å². The summed E-state index contributed by atoms with van der Waals surface area (Å²) in [6.45, 7) is 2.34. The van der Waals surface area contributed by atoms with Crippen LogP contribution in [0.1, 0.15) is 25.0 Å². The Kier molecular flexibility index (Phi) is 5.15. The van der Waals surface area contributed by atoms with E-state index in [1.165, 1.54) is 0 Å². The fraction of sp³-hybridized carbons (Fsp3) is 0.238. The zero-order valence-corrected chi connectivity index (χ0v) is 14.1. The molecule has 0 fully saturated rings. The van der Waals surface area contributed by atoms with E-state index in [9.17, 15) is 4.79 Å². The lowest BCUT2D eigenvalue weighted by atomic mass is 10.0. The first kappa shape index (κ1) is 16.8. The molecule has 0 radical (unpaired) electrons. The predicted molar refractivity (Wildman–Crippen MR) is 97.6 cm³/mol. The van der Waals surface area contributed by atoms with E-state index in [1.807, 2.05) is 30.3 Å². The highest BCUT2D eigenvalue weighted by molar-refractivity contribution is 5.83. The lowest BCUT2D eigenvalue weighted by molar-refractivity contribution is 0.307. The number of nitriles is 1. The van der Waals surface area contributed by atoms with Crippen molar-refractivity contribution in [3.63, 3.8) is 0 Å². The second-order valence-corrected chi connectivity index (χ2v) is 5.85. The number of rotatable bonds is 6. The third kappa shape index (κ3) is 3.72. The molecule has 0 bridgehead atoms. The Morgan fingerprint density at radius 1 is 1.12 bits per heavy atom. The number of benzene rings is 2. The number of hydrogen-bond donors (Lipinski definition) is 0. The smallest absolute Gasteiger partial charge is 0.200 e. The van der Waals surface area contributed by atoms with Crippen molar-refractivity contribution < 1.29 is 9.15 Å². The minimum atomic E-state index is -0.0366. The molecule has 2 aromatic carbocycles. The number of ether oxygens (including phenoxy) is 1. The van der Waals surface area contributed by atoms with Crippen LogP contribution in [0.25, 0.3) is 22.1 Å². The van der Waals surface area contributed by atoms with Gasteiger partial charge < -0.3 is 9.15 Å². The molecule has 25 heavy (non-hydrogen) atoms. The van der Waals surface area contributed by atoms with Gasteiger partial charge in [0.2, 0.25) is 5.43 Å². The van der Waals surface area contributed by atoms with Crippen LogP contribution >= 0.6 is 0 Å². The molecule has 3 rings (SSSR count). The minimum Gasteiger partial charge on any atom is -0.493 e. The minimum absolute atomic E-state index is 0.0366. The van der Waals surface area contributed by atoms with Crippen molar-refractivity contribution in [2.24, 2.45) is 0 Å². The summed E-state index contributed by atoms with van der Waals surface area (Å²) in [6, 6.07) is 16.9. The normalized spacial score (nSPS) is 10.6. The van der Waals surface area contributed by atoms with Crippen LogP contribution in [0.15, 0.2) is 57.7 Å².